The van der Waals surface area contributed by atoms with Crippen molar-refractivity contribution in [2.45, 2.75) is 38.8 Å². The number of ketones is 1. The van der Waals surface area contributed by atoms with E-state index in [0.29, 0.717) is 18.2 Å². The average Bonchev–Trinajstić information content (AvgIpc) is 2.88. The number of aromatic nitrogens is 2. The van der Waals surface area contributed by atoms with Gasteiger partial charge in [-0.25, -0.2) is 9.97 Å². The van der Waals surface area contributed by atoms with Crippen LogP contribution in [0.3, 0.4) is 0 Å². The number of methoxy groups -OCH3 is 1. The Labute approximate surface area is 227 Å². The molecule has 0 radical (unpaired) electrons. The smallest absolute Gasteiger partial charge is 0.227 e. The summed E-state index contributed by atoms with van der Waals surface area (Å²) in [5.41, 5.74) is 5.10. The SMILES string of the molecule is COc1ccc2cc1CN(C)CCCC(=O)C1CCN(CC1)Cc1cc(Br)cc(c1)Nc1nccc-2n1. The Kier molecular flexibility index (Phi) is 8.17. The van der Waals surface area contributed by atoms with Gasteiger partial charge in [-0.15, -0.1) is 0 Å². The highest BCUT2D eigenvalue weighted by Crippen LogP contribution is 2.29. The molecule has 3 aliphatic heterocycles. The third kappa shape index (κ3) is 6.55. The lowest BCUT2D eigenvalue weighted by atomic mass is 9.90. The van der Waals surface area contributed by atoms with Gasteiger partial charge in [0.05, 0.1) is 12.8 Å². The fraction of sp³-hybridized carbons (Fsp3) is 0.414. The third-order valence-electron chi connectivity index (χ3n) is 7.30. The molecule has 3 aliphatic rings. The van der Waals surface area contributed by atoms with Crippen molar-refractivity contribution in [1.29, 1.82) is 0 Å². The molecular weight excluding hydrogens is 530 g/mol. The summed E-state index contributed by atoms with van der Waals surface area (Å²) in [6.45, 7) is 4.36. The molecule has 37 heavy (non-hydrogen) atoms. The van der Waals surface area contributed by atoms with Crippen molar-refractivity contribution in [1.82, 2.24) is 19.8 Å². The van der Waals surface area contributed by atoms with Crippen LogP contribution in [0.15, 0.2) is 53.1 Å². The first-order chi connectivity index (χ1) is 18.0. The monoisotopic (exact) mass is 563 g/mol. The predicted octanol–water partition coefficient (Wildman–Crippen LogP) is 5.67. The molecular formula is C29H34BrN5O2. The maximum Gasteiger partial charge on any atom is 0.227 e. The molecule has 8 heteroatoms. The lowest BCUT2D eigenvalue weighted by Gasteiger charge is -2.31. The van der Waals surface area contributed by atoms with Crippen LogP contribution in [0, 0.1) is 5.92 Å². The molecule has 8 bridgehead atoms. The van der Waals surface area contributed by atoms with Gasteiger partial charge in [0.1, 0.15) is 11.5 Å². The standard InChI is InChI=1S/C29H34BrN5O2/c1-34-11-3-4-27(36)21-8-12-35(13-9-21)18-20-14-24(30)17-25(15-20)32-29-31-10-7-26(33-29)22-5-6-28(37-2)23(16-22)19-34/h5-7,10,14-17,21H,3-4,8-9,11-13,18-19H2,1-2H3,(H,31,32,33). The fourth-order valence-corrected chi connectivity index (χ4v) is 5.89. The van der Waals surface area contributed by atoms with E-state index in [-0.39, 0.29) is 5.92 Å². The van der Waals surface area contributed by atoms with E-state index in [4.69, 9.17) is 9.72 Å². The molecule has 7 nitrogen and oxygen atoms in total. The normalized spacial score (nSPS) is 21.1. The number of anilines is 2. The zero-order valence-corrected chi connectivity index (χ0v) is 23.1. The second kappa shape index (κ2) is 11.7. The van der Waals surface area contributed by atoms with Gasteiger partial charge in [-0.05, 0) is 94.0 Å². The highest BCUT2D eigenvalue weighted by atomic mass is 79.9. The average molecular weight is 565 g/mol. The van der Waals surface area contributed by atoms with Crippen LogP contribution in [0.5, 0.6) is 5.75 Å². The minimum absolute atomic E-state index is 0.190. The highest BCUT2D eigenvalue weighted by Gasteiger charge is 2.25. The van der Waals surface area contributed by atoms with Crippen molar-refractivity contribution in [2.24, 2.45) is 5.92 Å². The number of fused-ring (bicyclic) bond motifs is 7. The first-order valence-corrected chi connectivity index (χ1v) is 13.8. The summed E-state index contributed by atoms with van der Waals surface area (Å²) >= 11 is 3.67. The van der Waals surface area contributed by atoms with Crippen molar-refractivity contribution < 1.29 is 9.53 Å². The Morgan fingerprint density at radius 3 is 2.70 bits per heavy atom. The van der Waals surface area contributed by atoms with Crippen molar-refractivity contribution in [2.75, 3.05) is 39.1 Å². The number of carbonyl (C=O) groups is 1. The van der Waals surface area contributed by atoms with E-state index in [1.807, 2.05) is 24.3 Å². The summed E-state index contributed by atoms with van der Waals surface area (Å²) in [6.07, 6.45) is 5.20. The molecule has 1 saturated heterocycles. The summed E-state index contributed by atoms with van der Waals surface area (Å²) in [7, 11) is 3.80. The molecule has 6 rings (SSSR count). The minimum atomic E-state index is 0.190. The summed E-state index contributed by atoms with van der Waals surface area (Å²) in [5.74, 6) is 2.02. The Morgan fingerprint density at radius 2 is 1.89 bits per heavy atom. The molecule has 1 aromatic heterocycles. The predicted molar refractivity (Wildman–Crippen MR) is 150 cm³/mol. The van der Waals surface area contributed by atoms with Crippen LogP contribution < -0.4 is 10.1 Å². The molecule has 0 aliphatic carbocycles. The van der Waals surface area contributed by atoms with Crippen molar-refractivity contribution in [3.8, 4) is 17.0 Å². The summed E-state index contributed by atoms with van der Waals surface area (Å²) < 4.78 is 6.66. The van der Waals surface area contributed by atoms with Crippen LogP contribution >= 0.6 is 15.9 Å². The number of Topliss-reactive ketones (excluding diaryl/α,β-unsaturated/α-hetero) is 1. The fourth-order valence-electron chi connectivity index (χ4n) is 5.35. The van der Waals surface area contributed by atoms with E-state index in [0.717, 1.165) is 84.7 Å². The summed E-state index contributed by atoms with van der Waals surface area (Å²) in [5, 5.41) is 3.39. The van der Waals surface area contributed by atoms with Gasteiger partial charge < -0.3 is 15.0 Å². The number of rotatable bonds is 1. The largest absolute Gasteiger partial charge is 0.496 e. The van der Waals surface area contributed by atoms with Crippen LogP contribution in [0.25, 0.3) is 11.3 Å². The molecule has 0 spiro atoms. The first kappa shape index (κ1) is 25.8. The number of halogens is 1. The van der Waals surface area contributed by atoms with E-state index in [1.54, 1.807) is 13.3 Å². The van der Waals surface area contributed by atoms with Gasteiger partial charge in [0.15, 0.2) is 0 Å². The van der Waals surface area contributed by atoms with E-state index >= 15 is 0 Å². The maximum atomic E-state index is 12.9. The molecule has 0 saturated carbocycles. The van der Waals surface area contributed by atoms with Crippen LogP contribution in [0.1, 0.15) is 36.8 Å². The number of piperidine rings is 1. The van der Waals surface area contributed by atoms with Gasteiger partial charge >= 0.3 is 0 Å². The van der Waals surface area contributed by atoms with E-state index in [1.165, 1.54) is 5.56 Å². The van der Waals surface area contributed by atoms with Crippen molar-refractivity contribution >= 4 is 33.3 Å². The van der Waals surface area contributed by atoms with Crippen LogP contribution in [0.4, 0.5) is 11.6 Å². The Hall–Kier alpha value is -2.81. The number of benzene rings is 2. The zero-order chi connectivity index (χ0) is 25.8. The third-order valence-corrected chi connectivity index (χ3v) is 7.76. The zero-order valence-electron chi connectivity index (χ0n) is 21.5. The molecule has 0 atom stereocenters. The quantitative estimate of drug-likeness (QED) is 0.409. The van der Waals surface area contributed by atoms with Gasteiger partial charge in [0.25, 0.3) is 0 Å². The van der Waals surface area contributed by atoms with Crippen LogP contribution in [-0.4, -0.2) is 59.3 Å². The molecule has 1 fully saturated rings. The molecule has 0 amide bonds. The van der Waals surface area contributed by atoms with Gasteiger partial charge in [0, 0.05) is 52.9 Å². The maximum absolute atomic E-state index is 12.9. The lowest BCUT2D eigenvalue weighted by Crippen LogP contribution is -2.36. The number of hydrogen-bond acceptors (Lipinski definition) is 7. The van der Waals surface area contributed by atoms with E-state index < -0.39 is 0 Å². The topological polar surface area (TPSA) is 70.6 Å². The molecule has 2 aromatic carbocycles. The van der Waals surface area contributed by atoms with E-state index in [2.05, 4.69) is 61.3 Å². The number of nitrogens with one attached hydrogen (secondary N) is 1. The number of hydrogen-bond donors (Lipinski definition) is 1. The molecule has 3 aromatic rings. The second-order valence-electron chi connectivity index (χ2n) is 10.1. The second-order valence-corrected chi connectivity index (χ2v) is 11.0. The Morgan fingerprint density at radius 1 is 1.05 bits per heavy atom. The molecule has 0 unspecified atom stereocenters. The Bertz CT molecular complexity index is 1260. The summed E-state index contributed by atoms with van der Waals surface area (Å²) in [6, 6.07) is 14.5. The van der Waals surface area contributed by atoms with Crippen LogP contribution in [-0.2, 0) is 17.9 Å². The molecule has 194 valence electrons. The molecule has 4 heterocycles. The van der Waals surface area contributed by atoms with Crippen LogP contribution in [0.2, 0.25) is 0 Å². The van der Waals surface area contributed by atoms with Crippen molar-refractivity contribution in [3.05, 3.63) is 64.3 Å². The first-order valence-electron chi connectivity index (χ1n) is 13.0. The highest BCUT2D eigenvalue weighted by molar-refractivity contribution is 9.10. The molecule has 1 N–H and O–H groups in total. The van der Waals surface area contributed by atoms with Gasteiger partial charge in [-0.1, -0.05) is 15.9 Å². The van der Waals surface area contributed by atoms with Gasteiger partial charge in [-0.3, -0.25) is 9.69 Å². The number of carbonyl (C=O) groups excluding carboxylic acids is 1. The lowest BCUT2D eigenvalue weighted by molar-refractivity contribution is -0.124. The van der Waals surface area contributed by atoms with Gasteiger partial charge in [0.2, 0.25) is 5.95 Å². The minimum Gasteiger partial charge on any atom is -0.496 e. The van der Waals surface area contributed by atoms with Crippen molar-refractivity contribution in [3.63, 3.8) is 0 Å². The summed E-state index contributed by atoms with van der Waals surface area (Å²) in [4.78, 5) is 26.9. The number of ether oxygens (including phenoxy) is 1. The van der Waals surface area contributed by atoms with E-state index in [9.17, 15) is 4.79 Å². The Balaban J connectivity index is 1.47. The number of nitrogens with zero attached hydrogens (tertiary/aromatic N) is 4. The van der Waals surface area contributed by atoms with Gasteiger partial charge in [-0.2, -0.15) is 0 Å².